The number of carbonyl (C=O) groups excluding carboxylic acids is 3. The average molecular weight is 423 g/mol. The molecular formula is C22H34N2O6. The van der Waals surface area contributed by atoms with Gasteiger partial charge < -0.3 is 19.5 Å². The van der Waals surface area contributed by atoms with Crippen molar-refractivity contribution in [2.45, 2.75) is 58.7 Å². The molecule has 1 N–H and O–H groups in total. The van der Waals surface area contributed by atoms with Crippen LogP contribution in [0.25, 0.3) is 0 Å². The molecular weight excluding hydrogens is 388 g/mol. The molecule has 0 saturated heterocycles. The molecule has 0 aliphatic carbocycles. The molecule has 0 saturated carbocycles. The maximum atomic E-state index is 13.2. The lowest BCUT2D eigenvalue weighted by Crippen LogP contribution is -2.49. The third kappa shape index (κ3) is 7.57. The summed E-state index contributed by atoms with van der Waals surface area (Å²) in [4.78, 5) is 39.3. The van der Waals surface area contributed by atoms with Crippen molar-refractivity contribution in [1.82, 2.24) is 10.2 Å². The van der Waals surface area contributed by atoms with Crippen LogP contribution in [0.2, 0.25) is 0 Å². The quantitative estimate of drug-likeness (QED) is 0.646. The van der Waals surface area contributed by atoms with Crippen LogP contribution in [0, 0.1) is 5.92 Å². The minimum atomic E-state index is -1.01. The van der Waals surface area contributed by atoms with Crippen LogP contribution < -0.4 is 10.1 Å². The maximum absolute atomic E-state index is 13.2. The summed E-state index contributed by atoms with van der Waals surface area (Å²) in [6, 6.07) is 4.95. The van der Waals surface area contributed by atoms with Gasteiger partial charge in [0.2, 0.25) is 5.91 Å². The van der Waals surface area contributed by atoms with Gasteiger partial charge in [0, 0.05) is 7.05 Å². The highest BCUT2D eigenvalue weighted by Crippen LogP contribution is 2.25. The number of nitrogens with zero attached hydrogens (tertiary/aromatic N) is 1. The van der Waals surface area contributed by atoms with Crippen molar-refractivity contribution < 1.29 is 28.6 Å². The zero-order valence-corrected chi connectivity index (χ0v) is 19.1. The number of esters is 1. The third-order valence-electron chi connectivity index (χ3n) is 4.26. The summed E-state index contributed by atoms with van der Waals surface area (Å²) in [6.45, 7) is 9.12. The highest BCUT2D eigenvalue weighted by atomic mass is 16.6. The lowest BCUT2D eigenvalue weighted by Gasteiger charge is -2.31. The van der Waals surface area contributed by atoms with Gasteiger partial charge in [-0.25, -0.2) is 9.59 Å². The van der Waals surface area contributed by atoms with Gasteiger partial charge in [0.1, 0.15) is 23.4 Å². The van der Waals surface area contributed by atoms with Crippen molar-refractivity contribution in [2.75, 3.05) is 21.3 Å². The fraction of sp³-hybridized carbons (Fsp3) is 0.591. The van der Waals surface area contributed by atoms with Crippen molar-refractivity contribution >= 4 is 18.0 Å². The van der Waals surface area contributed by atoms with E-state index in [9.17, 15) is 14.4 Å². The lowest BCUT2D eigenvalue weighted by molar-refractivity contribution is -0.146. The van der Waals surface area contributed by atoms with E-state index in [1.165, 1.54) is 19.1 Å². The van der Waals surface area contributed by atoms with Gasteiger partial charge in [-0.1, -0.05) is 26.0 Å². The third-order valence-corrected chi connectivity index (χ3v) is 4.26. The molecule has 8 heteroatoms. The first-order valence-electron chi connectivity index (χ1n) is 9.87. The fourth-order valence-corrected chi connectivity index (χ4v) is 2.85. The summed E-state index contributed by atoms with van der Waals surface area (Å²) >= 11 is 0. The summed E-state index contributed by atoms with van der Waals surface area (Å²) in [5, 5.41) is 2.73. The summed E-state index contributed by atoms with van der Waals surface area (Å²) in [7, 11) is 4.30. The largest absolute Gasteiger partial charge is 0.497 e. The number of hydrogen-bond donors (Lipinski definition) is 1. The molecule has 0 bridgehead atoms. The van der Waals surface area contributed by atoms with Gasteiger partial charge in [-0.3, -0.25) is 9.69 Å². The van der Waals surface area contributed by atoms with E-state index in [4.69, 9.17) is 14.2 Å². The predicted octanol–water partition coefficient (Wildman–Crippen LogP) is 3.31. The van der Waals surface area contributed by atoms with Crippen molar-refractivity contribution in [1.29, 1.82) is 0 Å². The molecule has 0 aromatic heterocycles. The van der Waals surface area contributed by atoms with Gasteiger partial charge in [0.15, 0.2) is 0 Å². The van der Waals surface area contributed by atoms with Crippen molar-refractivity contribution in [3.63, 3.8) is 0 Å². The SMILES string of the molecule is COC(=O)[C@H](CC(C)C)NC(=O)[C@H](c1ccc(OC)cc1)N(C)C(=O)OC(C)(C)C. The molecule has 0 fully saturated rings. The molecule has 8 nitrogen and oxygen atoms in total. The second-order valence-electron chi connectivity index (χ2n) is 8.48. The number of carbonyl (C=O) groups is 3. The minimum absolute atomic E-state index is 0.150. The fourth-order valence-electron chi connectivity index (χ4n) is 2.85. The van der Waals surface area contributed by atoms with Crippen LogP contribution in [0.15, 0.2) is 24.3 Å². The molecule has 0 aliphatic heterocycles. The highest BCUT2D eigenvalue weighted by molar-refractivity contribution is 5.90. The zero-order chi connectivity index (χ0) is 23.1. The van der Waals surface area contributed by atoms with Crippen LogP contribution in [0.1, 0.15) is 52.6 Å². The van der Waals surface area contributed by atoms with Crippen LogP contribution in [0.3, 0.4) is 0 Å². The van der Waals surface area contributed by atoms with Crippen LogP contribution in [0.5, 0.6) is 5.75 Å². The Morgan fingerprint density at radius 2 is 1.63 bits per heavy atom. The molecule has 0 heterocycles. The molecule has 0 unspecified atom stereocenters. The summed E-state index contributed by atoms with van der Waals surface area (Å²) in [6.07, 6.45) is -0.249. The Morgan fingerprint density at radius 1 is 1.07 bits per heavy atom. The second kappa shape index (κ2) is 10.8. The van der Waals surface area contributed by atoms with Crippen LogP contribution in [-0.2, 0) is 19.1 Å². The maximum Gasteiger partial charge on any atom is 0.410 e. The molecule has 2 atom stereocenters. The van der Waals surface area contributed by atoms with Gasteiger partial charge in [0.25, 0.3) is 0 Å². The van der Waals surface area contributed by atoms with Crippen molar-refractivity contribution in [2.24, 2.45) is 5.92 Å². The van der Waals surface area contributed by atoms with Crippen molar-refractivity contribution in [3.8, 4) is 5.75 Å². The highest BCUT2D eigenvalue weighted by Gasteiger charge is 2.34. The zero-order valence-electron chi connectivity index (χ0n) is 19.1. The number of benzene rings is 1. The monoisotopic (exact) mass is 422 g/mol. The summed E-state index contributed by atoms with van der Waals surface area (Å²) < 4.78 is 15.4. The van der Waals surface area contributed by atoms with E-state index < -0.39 is 35.7 Å². The topological polar surface area (TPSA) is 94.2 Å². The number of hydrogen-bond acceptors (Lipinski definition) is 6. The Morgan fingerprint density at radius 3 is 2.07 bits per heavy atom. The first kappa shape index (κ1) is 25.3. The molecule has 1 aromatic carbocycles. The Bertz CT molecular complexity index is 724. The van der Waals surface area contributed by atoms with Crippen molar-refractivity contribution in [3.05, 3.63) is 29.8 Å². The van der Waals surface area contributed by atoms with E-state index in [-0.39, 0.29) is 5.92 Å². The molecule has 0 aliphatic rings. The molecule has 0 radical (unpaired) electrons. The average Bonchev–Trinajstić information content (AvgIpc) is 2.65. The van der Waals surface area contributed by atoms with E-state index in [2.05, 4.69) is 5.32 Å². The number of nitrogens with one attached hydrogen (secondary N) is 1. The number of rotatable bonds is 8. The van der Waals surface area contributed by atoms with E-state index >= 15 is 0 Å². The Labute approximate surface area is 178 Å². The summed E-state index contributed by atoms with van der Waals surface area (Å²) in [5.41, 5.74) is -0.173. The van der Waals surface area contributed by atoms with Gasteiger partial charge >= 0.3 is 12.1 Å². The number of ether oxygens (including phenoxy) is 3. The van der Waals surface area contributed by atoms with Crippen LogP contribution in [-0.4, -0.2) is 55.8 Å². The second-order valence-corrected chi connectivity index (χ2v) is 8.48. The normalized spacial score (nSPS) is 13.2. The van der Waals surface area contributed by atoms with E-state index in [0.717, 1.165) is 0 Å². The summed E-state index contributed by atoms with van der Waals surface area (Å²) in [5.74, 6) is -0.280. The predicted molar refractivity (Wildman–Crippen MR) is 113 cm³/mol. The Kier molecular flexibility index (Phi) is 9.14. The van der Waals surface area contributed by atoms with Gasteiger partial charge in [-0.05, 0) is 50.8 Å². The lowest BCUT2D eigenvalue weighted by atomic mass is 10.0. The van der Waals surface area contributed by atoms with E-state index in [1.807, 2.05) is 13.8 Å². The van der Waals surface area contributed by atoms with Gasteiger partial charge in [-0.15, -0.1) is 0 Å². The molecule has 1 aromatic rings. The first-order valence-corrected chi connectivity index (χ1v) is 9.87. The van der Waals surface area contributed by atoms with E-state index in [0.29, 0.717) is 17.7 Å². The Balaban J connectivity index is 3.24. The molecule has 30 heavy (non-hydrogen) atoms. The Hall–Kier alpha value is -2.77. The number of amides is 2. The minimum Gasteiger partial charge on any atom is -0.497 e. The van der Waals surface area contributed by atoms with Crippen LogP contribution in [0.4, 0.5) is 4.79 Å². The van der Waals surface area contributed by atoms with E-state index in [1.54, 1.807) is 52.1 Å². The molecule has 168 valence electrons. The smallest absolute Gasteiger partial charge is 0.410 e. The molecule has 2 amide bonds. The van der Waals surface area contributed by atoms with Gasteiger partial charge in [-0.2, -0.15) is 0 Å². The molecule has 1 rings (SSSR count). The number of methoxy groups -OCH3 is 2. The first-order chi connectivity index (χ1) is 13.9. The molecule has 0 spiro atoms. The standard InChI is InChI=1S/C22H34N2O6/c1-14(2)13-17(20(26)29-8)23-19(25)18(15-9-11-16(28-7)12-10-15)24(6)21(27)30-22(3,4)5/h9-12,14,17-18H,13H2,1-8H3,(H,23,25)/t17-,18-/m0/s1. The van der Waals surface area contributed by atoms with Gasteiger partial charge in [0.05, 0.1) is 14.2 Å². The number of likely N-dealkylation sites (N-methyl/N-ethyl adjacent to an activating group) is 1. The van der Waals surface area contributed by atoms with Crippen LogP contribution >= 0.6 is 0 Å².